The molecule has 1 saturated heterocycles. The lowest BCUT2D eigenvalue weighted by Gasteiger charge is -2.16. The van der Waals surface area contributed by atoms with Crippen LogP contribution in [-0.2, 0) is 15.8 Å². The van der Waals surface area contributed by atoms with E-state index in [2.05, 4.69) is 12.2 Å². The highest BCUT2D eigenvalue weighted by atomic mass is 35.5. The summed E-state index contributed by atoms with van der Waals surface area (Å²) in [5.74, 6) is -1.11. The van der Waals surface area contributed by atoms with E-state index in [9.17, 15) is 22.8 Å². The molecule has 1 unspecified atom stereocenters. The Morgan fingerprint density at radius 3 is 2.72 bits per heavy atom. The number of benzene rings is 1. The van der Waals surface area contributed by atoms with Gasteiger partial charge in [-0.1, -0.05) is 31.4 Å². The number of nitrogens with zero attached hydrogens (tertiary/aromatic N) is 1. The van der Waals surface area contributed by atoms with E-state index >= 15 is 0 Å². The molecule has 2 amide bonds. The summed E-state index contributed by atoms with van der Waals surface area (Å²) in [7, 11) is 0. The Kier molecular flexibility index (Phi) is 6.32. The minimum atomic E-state index is -4.60. The highest BCUT2D eigenvalue weighted by molar-refractivity contribution is 6.31. The number of likely N-dealkylation sites (tertiary alicyclic amines) is 1. The number of amides is 2. The van der Waals surface area contributed by atoms with E-state index in [0.717, 1.165) is 31.4 Å². The van der Waals surface area contributed by atoms with Gasteiger partial charge < -0.3 is 10.2 Å². The van der Waals surface area contributed by atoms with Crippen LogP contribution in [0.4, 0.5) is 18.9 Å². The molecular formula is C17H20ClF3N2O2. The molecule has 0 radical (unpaired) electrons. The number of anilines is 1. The Hall–Kier alpha value is -1.76. The third-order valence-corrected chi connectivity index (χ3v) is 4.49. The number of halogens is 4. The second kappa shape index (κ2) is 8.08. The van der Waals surface area contributed by atoms with Crippen LogP contribution in [0.15, 0.2) is 18.2 Å². The van der Waals surface area contributed by atoms with Crippen LogP contribution in [0.1, 0.15) is 38.2 Å². The predicted octanol–water partition coefficient (Wildman–Crippen LogP) is 4.34. The Balaban J connectivity index is 2.00. The minimum Gasteiger partial charge on any atom is -0.342 e. The van der Waals surface area contributed by atoms with Crippen LogP contribution in [-0.4, -0.2) is 29.8 Å². The fourth-order valence-corrected chi connectivity index (χ4v) is 3.01. The third kappa shape index (κ3) is 5.11. The summed E-state index contributed by atoms with van der Waals surface area (Å²) in [6, 6.07) is 3.21. The van der Waals surface area contributed by atoms with Gasteiger partial charge in [0.25, 0.3) is 0 Å². The lowest BCUT2D eigenvalue weighted by atomic mass is 10.1. The van der Waals surface area contributed by atoms with Crippen LogP contribution in [0.3, 0.4) is 0 Å². The van der Waals surface area contributed by atoms with Crippen molar-refractivity contribution in [1.29, 1.82) is 0 Å². The highest BCUT2D eigenvalue weighted by Crippen LogP contribution is 2.36. The third-order valence-electron chi connectivity index (χ3n) is 4.16. The van der Waals surface area contributed by atoms with Crippen molar-refractivity contribution in [3.05, 3.63) is 28.8 Å². The van der Waals surface area contributed by atoms with E-state index in [1.54, 1.807) is 4.90 Å². The molecule has 0 saturated carbocycles. The van der Waals surface area contributed by atoms with Crippen LogP contribution in [0.5, 0.6) is 0 Å². The van der Waals surface area contributed by atoms with Crippen LogP contribution in [0, 0.1) is 5.92 Å². The van der Waals surface area contributed by atoms with E-state index in [4.69, 9.17) is 11.6 Å². The number of hydrogen-bond donors (Lipinski definition) is 1. The van der Waals surface area contributed by atoms with Gasteiger partial charge in [-0.2, -0.15) is 13.2 Å². The van der Waals surface area contributed by atoms with Gasteiger partial charge in [-0.05, 0) is 24.6 Å². The van der Waals surface area contributed by atoms with Crippen molar-refractivity contribution in [3.8, 4) is 0 Å². The fraction of sp³-hybridized carbons (Fsp3) is 0.529. The molecule has 1 fully saturated rings. The maximum Gasteiger partial charge on any atom is 0.417 e. The second-order valence-electron chi connectivity index (χ2n) is 6.13. The first kappa shape index (κ1) is 19.6. The van der Waals surface area contributed by atoms with Crippen molar-refractivity contribution in [3.63, 3.8) is 0 Å². The summed E-state index contributed by atoms with van der Waals surface area (Å²) >= 11 is 5.56. The Labute approximate surface area is 149 Å². The number of carbonyl (C=O) groups is 2. The van der Waals surface area contributed by atoms with E-state index in [0.29, 0.717) is 13.1 Å². The van der Waals surface area contributed by atoms with Crippen molar-refractivity contribution in [2.24, 2.45) is 5.92 Å². The van der Waals surface area contributed by atoms with Gasteiger partial charge >= 0.3 is 6.18 Å². The van der Waals surface area contributed by atoms with E-state index in [-0.39, 0.29) is 18.0 Å². The largest absolute Gasteiger partial charge is 0.417 e. The van der Waals surface area contributed by atoms with E-state index < -0.39 is 28.6 Å². The molecule has 1 aromatic rings. The summed E-state index contributed by atoms with van der Waals surface area (Å²) in [6.07, 6.45) is -1.60. The SMILES string of the molecule is CCCCCN1CC(C(=O)Nc2ccc(Cl)c(C(F)(F)F)c2)CC1=O. The van der Waals surface area contributed by atoms with Gasteiger partial charge in [0.1, 0.15) is 0 Å². The Morgan fingerprint density at radius 1 is 1.36 bits per heavy atom. The molecule has 0 spiro atoms. The smallest absolute Gasteiger partial charge is 0.342 e. The molecular weight excluding hydrogens is 357 g/mol. The number of alkyl halides is 3. The van der Waals surface area contributed by atoms with Crippen molar-refractivity contribution in [2.45, 2.75) is 38.8 Å². The van der Waals surface area contributed by atoms with Gasteiger partial charge in [0.2, 0.25) is 11.8 Å². The first-order valence-corrected chi connectivity index (χ1v) is 8.55. The van der Waals surface area contributed by atoms with Crippen LogP contribution in [0.25, 0.3) is 0 Å². The highest BCUT2D eigenvalue weighted by Gasteiger charge is 2.35. The first-order chi connectivity index (χ1) is 11.7. The summed E-state index contributed by atoms with van der Waals surface area (Å²) in [6.45, 7) is 2.97. The molecule has 4 nitrogen and oxygen atoms in total. The molecule has 1 aliphatic heterocycles. The average Bonchev–Trinajstić information content (AvgIpc) is 2.90. The van der Waals surface area contributed by atoms with Gasteiger partial charge in [-0.25, -0.2) is 0 Å². The molecule has 138 valence electrons. The lowest BCUT2D eigenvalue weighted by molar-refractivity contribution is -0.137. The van der Waals surface area contributed by atoms with Gasteiger partial charge in [-0.15, -0.1) is 0 Å². The number of rotatable bonds is 6. The summed E-state index contributed by atoms with van der Waals surface area (Å²) in [5.41, 5.74) is -0.991. The summed E-state index contributed by atoms with van der Waals surface area (Å²) in [5, 5.41) is 2.03. The number of nitrogens with one attached hydrogen (secondary N) is 1. The molecule has 2 rings (SSSR count). The Morgan fingerprint density at radius 2 is 2.08 bits per heavy atom. The number of unbranched alkanes of at least 4 members (excludes halogenated alkanes) is 2. The van der Waals surface area contributed by atoms with Crippen molar-refractivity contribution in [1.82, 2.24) is 4.90 Å². The Bertz CT molecular complexity index is 649. The number of carbonyl (C=O) groups excluding carboxylic acids is 2. The maximum atomic E-state index is 12.9. The van der Waals surface area contributed by atoms with Crippen LogP contribution >= 0.6 is 11.6 Å². The molecule has 0 aliphatic carbocycles. The molecule has 1 aromatic carbocycles. The molecule has 0 bridgehead atoms. The molecule has 1 heterocycles. The first-order valence-electron chi connectivity index (χ1n) is 8.17. The van der Waals surface area contributed by atoms with Crippen molar-refractivity contribution < 1.29 is 22.8 Å². The minimum absolute atomic E-state index is 0.0126. The maximum absolute atomic E-state index is 12.9. The van der Waals surface area contributed by atoms with Crippen molar-refractivity contribution >= 4 is 29.1 Å². The number of hydrogen-bond acceptors (Lipinski definition) is 2. The standard InChI is InChI=1S/C17H20ClF3N2O2/c1-2-3-4-7-23-10-11(8-15(23)24)16(25)22-12-5-6-14(18)13(9-12)17(19,20)21/h5-6,9,11H,2-4,7-8,10H2,1H3,(H,22,25). The summed E-state index contributed by atoms with van der Waals surface area (Å²) in [4.78, 5) is 25.9. The monoisotopic (exact) mass is 376 g/mol. The van der Waals surface area contributed by atoms with Gasteiger partial charge in [0.05, 0.1) is 16.5 Å². The van der Waals surface area contributed by atoms with E-state index in [1.165, 1.54) is 6.07 Å². The zero-order valence-electron chi connectivity index (χ0n) is 13.8. The fourth-order valence-electron chi connectivity index (χ4n) is 2.78. The molecule has 25 heavy (non-hydrogen) atoms. The topological polar surface area (TPSA) is 49.4 Å². The van der Waals surface area contributed by atoms with Crippen molar-refractivity contribution in [2.75, 3.05) is 18.4 Å². The lowest BCUT2D eigenvalue weighted by Crippen LogP contribution is -2.29. The molecule has 1 aliphatic rings. The zero-order valence-corrected chi connectivity index (χ0v) is 14.6. The molecule has 1 atom stereocenters. The summed E-state index contributed by atoms with van der Waals surface area (Å²) < 4.78 is 38.6. The molecule has 1 N–H and O–H groups in total. The van der Waals surface area contributed by atoms with Crippen LogP contribution in [0.2, 0.25) is 5.02 Å². The van der Waals surface area contributed by atoms with Gasteiger partial charge in [0.15, 0.2) is 0 Å². The van der Waals surface area contributed by atoms with Gasteiger partial charge in [0, 0.05) is 25.2 Å². The molecule has 0 aromatic heterocycles. The van der Waals surface area contributed by atoms with Crippen LogP contribution < -0.4 is 5.32 Å². The normalized spacial score (nSPS) is 17.9. The quantitative estimate of drug-likeness (QED) is 0.751. The van der Waals surface area contributed by atoms with Gasteiger partial charge in [-0.3, -0.25) is 9.59 Å². The zero-order chi connectivity index (χ0) is 18.6. The second-order valence-corrected chi connectivity index (χ2v) is 6.54. The predicted molar refractivity (Wildman–Crippen MR) is 89.3 cm³/mol. The average molecular weight is 377 g/mol. The van der Waals surface area contributed by atoms with E-state index in [1.807, 2.05) is 0 Å². The molecule has 8 heteroatoms.